The number of tetrazole rings is 1. The first-order valence-corrected chi connectivity index (χ1v) is 12.1. The number of amides is 2. The van der Waals surface area contributed by atoms with Crippen LogP contribution in [0.25, 0.3) is 22.5 Å². The van der Waals surface area contributed by atoms with Gasteiger partial charge in [-0.15, -0.1) is 5.10 Å². The van der Waals surface area contributed by atoms with Crippen molar-refractivity contribution in [3.05, 3.63) is 72.3 Å². The molecule has 5 rings (SSSR count). The van der Waals surface area contributed by atoms with Crippen LogP contribution in [-0.2, 0) is 0 Å². The number of H-pyrrole nitrogens is 1. The summed E-state index contributed by atoms with van der Waals surface area (Å²) in [6.07, 6.45) is -0.465. The van der Waals surface area contributed by atoms with Crippen molar-refractivity contribution in [1.82, 2.24) is 20.6 Å². The van der Waals surface area contributed by atoms with Gasteiger partial charge in [-0.3, -0.25) is 0 Å². The summed E-state index contributed by atoms with van der Waals surface area (Å²) in [4.78, 5) is 14.6. The fraction of sp³-hybridized carbons (Fsp3) is 0.259. The Kier molecular flexibility index (Phi) is 7.07. The summed E-state index contributed by atoms with van der Waals surface area (Å²) in [6.45, 7) is 2.06. The normalized spacial score (nSPS) is 13.0. The zero-order valence-corrected chi connectivity index (χ0v) is 20.3. The Hall–Kier alpha value is -4.34. The maximum absolute atomic E-state index is 13.5. The molecule has 3 aromatic carbocycles. The van der Waals surface area contributed by atoms with Gasteiger partial charge in [-0.05, 0) is 71.5 Å². The smallest absolute Gasteiger partial charge is 0.323 e. The van der Waals surface area contributed by atoms with E-state index in [0.29, 0.717) is 35.3 Å². The lowest BCUT2D eigenvalue weighted by Crippen LogP contribution is -2.32. The van der Waals surface area contributed by atoms with E-state index < -0.39 is 19.0 Å². The fourth-order valence-corrected chi connectivity index (χ4v) is 4.27. The van der Waals surface area contributed by atoms with E-state index in [1.807, 2.05) is 61.5 Å². The van der Waals surface area contributed by atoms with Crippen LogP contribution in [0.2, 0.25) is 0 Å². The largest absolute Gasteiger partial charge is 0.364 e. The Morgan fingerprint density at radius 1 is 1.05 bits per heavy atom. The van der Waals surface area contributed by atoms with E-state index in [1.165, 1.54) is 0 Å². The molecule has 37 heavy (non-hydrogen) atoms. The minimum Gasteiger partial charge on any atom is -0.364 e. The molecular weight excluding hydrogens is 476 g/mol. The minimum absolute atomic E-state index is 0.382. The highest BCUT2D eigenvalue weighted by Gasteiger charge is 2.27. The van der Waals surface area contributed by atoms with Crippen LogP contribution in [0.15, 0.2) is 66.7 Å². The highest BCUT2D eigenvalue weighted by atomic mass is 19.3. The van der Waals surface area contributed by atoms with Crippen molar-refractivity contribution in [3.8, 4) is 22.5 Å². The van der Waals surface area contributed by atoms with Crippen molar-refractivity contribution in [3.63, 3.8) is 0 Å². The van der Waals surface area contributed by atoms with Gasteiger partial charge in [0.15, 0.2) is 5.82 Å². The Balaban J connectivity index is 1.51. The minimum atomic E-state index is -2.51. The van der Waals surface area contributed by atoms with Crippen LogP contribution in [-0.4, -0.2) is 46.2 Å². The summed E-state index contributed by atoms with van der Waals surface area (Å²) in [5, 5.41) is 19.9. The van der Waals surface area contributed by atoms with Gasteiger partial charge in [0.1, 0.15) is 0 Å². The van der Waals surface area contributed by atoms with E-state index in [-0.39, 0.29) is 0 Å². The van der Waals surface area contributed by atoms with Gasteiger partial charge in [0, 0.05) is 17.8 Å². The molecule has 8 nitrogen and oxygen atoms in total. The van der Waals surface area contributed by atoms with Crippen LogP contribution in [0.3, 0.4) is 0 Å². The van der Waals surface area contributed by atoms with Gasteiger partial charge in [0.05, 0.1) is 17.9 Å². The van der Waals surface area contributed by atoms with Gasteiger partial charge in [-0.1, -0.05) is 48.0 Å². The Morgan fingerprint density at radius 3 is 2.49 bits per heavy atom. The molecule has 0 atom stereocenters. The SMILES string of the molecule is Cc1ccc(NC(=O)Nc2cc(-c3ccccc3-c3nnn[nH]3)ccc2N(CC(F)F)CC2CC2)cc1. The fourth-order valence-electron chi connectivity index (χ4n) is 4.27. The number of aromatic nitrogens is 4. The van der Waals surface area contributed by atoms with Crippen molar-refractivity contribution in [1.29, 1.82) is 0 Å². The molecule has 1 aliphatic carbocycles. The highest BCUT2D eigenvalue weighted by molar-refractivity contribution is 6.02. The van der Waals surface area contributed by atoms with E-state index in [2.05, 4.69) is 31.3 Å². The van der Waals surface area contributed by atoms with Gasteiger partial charge in [-0.25, -0.2) is 18.7 Å². The Morgan fingerprint density at radius 2 is 1.81 bits per heavy atom. The zero-order chi connectivity index (χ0) is 25.8. The van der Waals surface area contributed by atoms with Crippen LogP contribution < -0.4 is 15.5 Å². The molecule has 1 fully saturated rings. The maximum Gasteiger partial charge on any atom is 0.323 e. The van der Waals surface area contributed by atoms with Crippen LogP contribution in [0, 0.1) is 12.8 Å². The number of nitrogens with one attached hydrogen (secondary N) is 3. The third kappa shape index (κ3) is 6.08. The Bertz CT molecular complexity index is 1350. The molecule has 0 spiro atoms. The van der Waals surface area contributed by atoms with Crippen molar-refractivity contribution in [2.24, 2.45) is 5.92 Å². The van der Waals surface area contributed by atoms with Crippen LogP contribution in [0.1, 0.15) is 18.4 Å². The first-order chi connectivity index (χ1) is 18.0. The number of halogens is 2. The van der Waals surface area contributed by atoms with Gasteiger partial charge in [-0.2, -0.15) is 0 Å². The second-order valence-electron chi connectivity index (χ2n) is 9.21. The second-order valence-corrected chi connectivity index (χ2v) is 9.21. The summed E-state index contributed by atoms with van der Waals surface area (Å²) in [6, 6.07) is 20.0. The first-order valence-electron chi connectivity index (χ1n) is 12.1. The molecule has 0 unspecified atom stereocenters. The molecule has 3 N–H and O–H groups in total. The summed E-state index contributed by atoms with van der Waals surface area (Å²) < 4.78 is 27.1. The number of nitrogens with zero attached hydrogens (tertiary/aromatic N) is 4. The van der Waals surface area contributed by atoms with E-state index in [4.69, 9.17) is 0 Å². The van der Waals surface area contributed by atoms with Crippen LogP contribution in [0.5, 0.6) is 0 Å². The van der Waals surface area contributed by atoms with Gasteiger partial charge < -0.3 is 15.5 Å². The molecule has 0 bridgehead atoms. The van der Waals surface area contributed by atoms with Gasteiger partial charge in [0.25, 0.3) is 6.43 Å². The van der Waals surface area contributed by atoms with Gasteiger partial charge in [0.2, 0.25) is 0 Å². The predicted octanol–water partition coefficient (Wildman–Crippen LogP) is 5.97. The number of aromatic amines is 1. The molecule has 190 valence electrons. The third-order valence-corrected chi connectivity index (χ3v) is 6.27. The van der Waals surface area contributed by atoms with Crippen molar-refractivity contribution < 1.29 is 13.6 Å². The molecule has 1 aliphatic rings. The summed E-state index contributed by atoms with van der Waals surface area (Å²) in [7, 11) is 0. The number of alkyl halides is 2. The summed E-state index contributed by atoms with van der Waals surface area (Å²) in [5.74, 6) is 0.881. The molecule has 1 heterocycles. The van der Waals surface area contributed by atoms with E-state index >= 15 is 0 Å². The van der Waals surface area contributed by atoms with E-state index in [9.17, 15) is 13.6 Å². The molecule has 0 saturated heterocycles. The quantitative estimate of drug-likeness (QED) is 0.261. The summed E-state index contributed by atoms with van der Waals surface area (Å²) >= 11 is 0. The second kappa shape index (κ2) is 10.7. The molecular formula is C27H27F2N7O. The maximum atomic E-state index is 13.5. The van der Waals surface area contributed by atoms with Crippen LogP contribution in [0.4, 0.5) is 30.6 Å². The predicted molar refractivity (Wildman–Crippen MR) is 140 cm³/mol. The number of rotatable bonds is 9. The number of aryl methyl sites for hydroxylation is 1. The van der Waals surface area contributed by atoms with Crippen molar-refractivity contribution in [2.75, 3.05) is 28.6 Å². The molecule has 10 heteroatoms. The van der Waals surface area contributed by atoms with Gasteiger partial charge >= 0.3 is 6.03 Å². The Labute approximate surface area is 213 Å². The lowest BCUT2D eigenvalue weighted by atomic mass is 9.98. The monoisotopic (exact) mass is 503 g/mol. The lowest BCUT2D eigenvalue weighted by molar-refractivity contribution is 0.154. The zero-order valence-electron chi connectivity index (χ0n) is 20.3. The standard InChI is InChI=1S/C27H27F2N7O/c1-17-6-11-20(12-7-17)30-27(37)31-23-14-19(21-4-2-3-5-22(21)26-32-34-35-33-26)10-13-24(23)36(16-25(28)29)15-18-8-9-18/h2-7,10-14,18,25H,8-9,15-16H2,1H3,(H2,30,31,37)(H,32,33,34,35). The molecule has 2 amide bonds. The molecule has 0 radical (unpaired) electrons. The number of benzene rings is 3. The molecule has 1 aromatic heterocycles. The van der Waals surface area contributed by atoms with Crippen LogP contribution >= 0.6 is 0 Å². The number of anilines is 3. The average molecular weight is 504 g/mol. The average Bonchev–Trinajstić information content (AvgIpc) is 3.53. The van der Waals surface area contributed by atoms with Crippen molar-refractivity contribution in [2.45, 2.75) is 26.2 Å². The van der Waals surface area contributed by atoms with E-state index in [1.54, 1.807) is 17.0 Å². The molecule has 0 aliphatic heterocycles. The van der Waals surface area contributed by atoms with E-state index in [0.717, 1.165) is 35.1 Å². The lowest BCUT2D eigenvalue weighted by Gasteiger charge is -2.27. The molecule has 4 aromatic rings. The topological polar surface area (TPSA) is 98.8 Å². The first kappa shape index (κ1) is 24.4. The number of hydrogen-bond acceptors (Lipinski definition) is 5. The number of hydrogen-bond donors (Lipinski definition) is 3. The summed E-state index contributed by atoms with van der Waals surface area (Å²) in [5.41, 5.74) is 5.08. The number of urea groups is 1. The highest BCUT2D eigenvalue weighted by Crippen LogP contribution is 2.38. The number of carbonyl (C=O) groups is 1. The third-order valence-electron chi connectivity index (χ3n) is 6.27. The molecule has 1 saturated carbocycles. The van der Waals surface area contributed by atoms with Crippen molar-refractivity contribution >= 4 is 23.1 Å². The number of carbonyl (C=O) groups excluding carboxylic acids is 1.